The monoisotopic (exact) mass is 444 g/mol. The zero-order chi connectivity index (χ0) is 23.6. The minimum Gasteiger partial charge on any atom is -0.497 e. The minimum atomic E-state index is -0.358. The van der Waals surface area contributed by atoms with Gasteiger partial charge in [-0.3, -0.25) is 9.59 Å². The maximum atomic E-state index is 13.6. The van der Waals surface area contributed by atoms with E-state index in [-0.39, 0.29) is 36.9 Å². The lowest BCUT2D eigenvalue weighted by Gasteiger charge is -2.23. The number of hydrogen-bond donors (Lipinski definition) is 0. The molecule has 5 nitrogen and oxygen atoms in total. The predicted molar refractivity (Wildman–Crippen MR) is 123 cm³/mol. The molecule has 0 unspecified atom stereocenters. The Morgan fingerprint density at radius 1 is 0.939 bits per heavy atom. The highest BCUT2D eigenvalue weighted by molar-refractivity contribution is 5.96. The van der Waals surface area contributed by atoms with Crippen molar-refractivity contribution < 1.29 is 18.7 Å². The quantitative estimate of drug-likeness (QED) is 0.399. The molecule has 3 aromatic carbocycles. The summed E-state index contributed by atoms with van der Waals surface area (Å²) in [7, 11) is 1.57. The summed E-state index contributed by atoms with van der Waals surface area (Å²) < 4.78 is 18.8. The van der Waals surface area contributed by atoms with Crippen LogP contribution in [0.2, 0.25) is 0 Å². The Balaban J connectivity index is 1.64. The van der Waals surface area contributed by atoms with E-state index in [2.05, 4.69) is 6.07 Å². The number of carbonyl (C=O) groups excluding carboxylic acids is 2. The number of amides is 1. The van der Waals surface area contributed by atoms with Crippen LogP contribution in [0.15, 0.2) is 72.8 Å². The summed E-state index contributed by atoms with van der Waals surface area (Å²) in [6.07, 6.45) is 0.868. The molecular weight excluding hydrogens is 419 g/mol. The van der Waals surface area contributed by atoms with Gasteiger partial charge in [0.1, 0.15) is 11.6 Å². The van der Waals surface area contributed by atoms with E-state index in [0.717, 1.165) is 5.56 Å². The van der Waals surface area contributed by atoms with E-state index in [1.807, 2.05) is 0 Å². The van der Waals surface area contributed by atoms with Crippen molar-refractivity contribution in [3.63, 3.8) is 0 Å². The van der Waals surface area contributed by atoms with Crippen molar-refractivity contribution in [2.75, 3.05) is 7.11 Å². The van der Waals surface area contributed by atoms with Crippen molar-refractivity contribution in [3.05, 3.63) is 101 Å². The van der Waals surface area contributed by atoms with Gasteiger partial charge in [0.05, 0.1) is 18.7 Å². The first-order chi connectivity index (χ1) is 16.0. The van der Waals surface area contributed by atoms with Crippen molar-refractivity contribution in [2.24, 2.45) is 0 Å². The average molecular weight is 445 g/mol. The van der Waals surface area contributed by atoms with Crippen LogP contribution in [0.3, 0.4) is 0 Å². The number of hydrogen-bond acceptors (Lipinski definition) is 4. The first kappa shape index (κ1) is 23.7. The third-order valence-corrected chi connectivity index (χ3v) is 5.28. The Labute approximate surface area is 193 Å². The predicted octanol–water partition coefficient (Wildman–Crippen LogP) is 5.29. The summed E-state index contributed by atoms with van der Waals surface area (Å²) in [6, 6.07) is 22.1. The Morgan fingerprint density at radius 2 is 1.64 bits per heavy atom. The van der Waals surface area contributed by atoms with Gasteiger partial charge in [0, 0.05) is 31.5 Å². The third-order valence-electron chi connectivity index (χ3n) is 5.28. The van der Waals surface area contributed by atoms with Gasteiger partial charge >= 0.3 is 0 Å². The van der Waals surface area contributed by atoms with Crippen LogP contribution in [0.1, 0.15) is 46.3 Å². The van der Waals surface area contributed by atoms with Gasteiger partial charge in [-0.25, -0.2) is 4.39 Å². The summed E-state index contributed by atoms with van der Waals surface area (Å²) in [6.45, 7) is 0.580. The molecule has 3 rings (SSSR count). The van der Waals surface area contributed by atoms with E-state index in [0.29, 0.717) is 35.4 Å². The van der Waals surface area contributed by atoms with Gasteiger partial charge in [0.2, 0.25) is 5.91 Å². The molecule has 0 aliphatic carbocycles. The number of methoxy groups -OCH3 is 1. The second-order valence-corrected chi connectivity index (χ2v) is 7.69. The van der Waals surface area contributed by atoms with E-state index >= 15 is 0 Å². The lowest BCUT2D eigenvalue weighted by molar-refractivity contribution is -0.132. The molecule has 1 amide bonds. The Bertz CT molecular complexity index is 1140. The summed E-state index contributed by atoms with van der Waals surface area (Å²) >= 11 is 0. The van der Waals surface area contributed by atoms with Gasteiger partial charge in [-0.05, 0) is 66.1 Å². The number of carbonyl (C=O) groups is 2. The molecule has 0 heterocycles. The normalized spacial score (nSPS) is 10.3. The summed E-state index contributed by atoms with van der Waals surface area (Å²) in [4.78, 5) is 27.1. The first-order valence-electron chi connectivity index (χ1n) is 10.7. The van der Waals surface area contributed by atoms with Crippen LogP contribution in [0, 0.1) is 17.1 Å². The smallest absolute Gasteiger partial charge is 0.223 e. The van der Waals surface area contributed by atoms with Crippen LogP contribution in [0.25, 0.3) is 0 Å². The zero-order valence-electron chi connectivity index (χ0n) is 18.5. The summed E-state index contributed by atoms with van der Waals surface area (Å²) in [5.41, 5.74) is 2.68. The topological polar surface area (TPSA) is 70.4 Å². The molecule has 0 aliphatic heterocycles. The number of ether oxygens (including phenoxy) is 1. The van der Waals surface area contributed by atoms with Crippen LogP contribution in [0.5, 0.6) is 5.75 Å². The molecule has 0 saturated carbocycles. The highest BCUT2D eigenvalue weighted by Gasteiger charge is 2.16. The number of nitriles is 1. The number of nitrogens with zero attached hydrogens (tertiary/aromatic N) is 2. The lowest BCUT2D eigenvalue weighted by atomic mass is 10.0. The molecule has 0 spiro atoms. The average Bonchev–Trinajstić information content (AvgIpc) is 2.84. The Kier molecular flexibility index (Phi) is 8.31. The largest absolute Gasteiger partial charge is 0.497 e. The molecule has 168 valence electrons. The van der Waals surface area contributed by atoms with Crippen LogP contribution in [0.4, 0.5) is 4.39 Å². The van der Waals surface area contributed by atoms with Crippen molar-refractivity contribution in [2.45, 2.75) is 32.4 Å². The number of benzene rings is 3. The zero-order valence-corrected chi connectivity index (χ0v) is 18.5. The fourth-order valence-electron chi connectivity index (χ4n) is 3.47. The van der Waals surface area contributed by atoms with Crippen LogP contribution in [-0.2, 0) is 17.9 Å². The number of ketones is 1. The van der Waals surface area contributed by atoms with Gasteiger partial charge in [0.15, 0.2) is 5.78 Å². The van der Waals surface area contributed by atoms with Gasteiger partial charge < -0.3 is 9.64 Å². The molecular formula is C27H25FN2O3. The molecule has 0 N–H and O–H groups in total. The molecule has 0 aromatic heterocycles. The van der Waals surface area contributed by atoms with Crippen molar-refractivity contribution in [3.8, 4) is 11.8 Å². The van der Waals surface area contributed by atoms with Crippen LogP contribution < -0.4 is 4.74 Å². The summed E-state index contributed by atoms with van der Waals surface area (Å²) in [5.74, 6) is 0.168. The van der Waals surface area contributed by atoms with Gasteiger partial charge in [-0.1, -0.05) is 24.3 Å². The molecule has 0 aliphatic rings. The molecule has 6 heteroatoms. The Morgan fingerprint density at radius 3 is 2.27 bits per heavy atom. The maximum absolute atomic E-state index is 13.6. The fourth-order valence-corrected chi connectivity index (χ4v) is 3.47. The molecule has 3 aromatic rings. The highest BCUT2D eigenvalue weighted by Crippen LogP contribution is 2.17. The van der Waals surface area contributed by atoms with Gasteiger partial charge in [-0.15, -0.1) is 0 Å². The van der Waals surface area contributed by atoms with Crippen LogP contribution in [-0.4, -0.2) is 23.7 Å². The molecule has 0 bridgehead atoms. The standard InChI is InChI=1S/C27H25FN2O3/c1-33-25-14-12-23(13-15-25)26(31)6-3-7-27(32)30(19-22-4-2-5-24(28)16-22)18-21-10-8-20(17-29)9-11-21/h2,4-5,8-16H,3,6-7,18-19H2,1H3. The number of rotatable bonds is 10. The molecule has 0 saturated heterocycles. The van der Waals surface area contributed by atoms with Crippen molar-refractivity contribution in [1.29, 1.82) is 5.26 Å². The van der Waals surface area contributed by atoms with Crippen LogP contribution >= 0.6 is 0 Å². The van der Waals surface area contributed by atoms with E-state index in [4.69, 9.17) is 10.00 Å². The van der Waals surface area contributed by atoms with E-state index in [1.54, 1.807) is 72.7 Å². The second-order valence-electron chi connectivity index (χ2n) is 7.69. The van der Waals surface area contributed by atoms with Crippen molar-refractivity contribution >= 4 is 11.7 Å². The number of halogens is 1. The SMILES string of the molecule is COc1ccc(C(=O)CCCC(=O)N(Cc2ccc(C#N)cc2)Cc2cccc(F)c2)cc1. The number of Topliss-reactive ketones (excluding diaryl/α,β-unsaturated/α-hetero) is 1. The minimum absolute atomic E-state index is 0.0331. The second kappa shape index (κ2) is 11.6. The van der Waals surface area contributed by atoms with E-state index in [1.165, 1.54) is 12.1 Å². The van der Waals surface area contributed by atoms with E-state index < -0.39 is 0 Å². The first-order valence-corrected chi connectivity index (χ1v) is 10.7. The molecule has 0 fully saturated rings. The lowest BCUT2D eigenvalue weighted by Crippen LogP contribution is -2.30. The fraction of sp³-hybridized carbons (Fsp3) is 0.222. The van der Waals surface area contributed by atoms with Crippen molar-refractivity contribution in [1.82, 2.24) is 4.90 Å². The molecule has 33 heavy (non-hydrogen) atoms. The van der Waals surface area contributed by atoms with E-state index in [9.17, 15) is 14.0 Å². The highest BCUT2D eigenvalue weighted by atomic mass is 19.1. The molecule has 0 radical (unpaired) electrons. The molecule has 0 atom stereocenters. The maximum Gasteiger partial charge on any atom is 0.223 e. The summed E-state index contributed by atoms with van der Waals surface area (Å²) in [5, 5.41) is 8.99. The third kappa shape index (κ3) is 7.01. The van der Waals surface area contributed by atoms with Gasteiger partial charge in [-0.2, -0.15) is 5.26 Å². The Hall–Kier alpha value is -3.98. The van der Waals surface area contributed by atoms with Gasteiger partial charge in [0.25, 0.3) is 0 Å².